The molecular formula is C15H15ClN2O2. The number of rotatable bonds is 5. The molecule has 0 unspecified atom stereocenters. The van der Waals surface area contributed by atoms with Crippen molar-refractivity contribution in [2.75, 3.05) is 13.7 Å². The second-order valence-electron chi connectivity index (χ2n) is 4.20. The molecule has 0 bridgehead atoms. The zero-order valence-electron chi connectivity index (χ0n) is 11.1. The molecule has 2 rings (SSSR count). The lowest BCUT2D eigenvalue weighted by Crippen LogP contribution is -2.26. The van der Waals surface area contributed by atoms with E-state index in [4.69, 9.17) is 16.3 Å². The summed E-state index contributed by atoms with van der Waals surface area (Å²) >= 11 is 5.74. The highest BCUT2D eigenvalue weighted by atomic mass is 35.5. The van der Waals surface area contributed by atoms with Gasteiger partial charge in [-0.2, -0.15) is 0 Å². The first kappa shape index (κ1) is 14.3. The molecule has 1 heterocycles. The van der Waals surface area contributed by atoms with Gasteiger partial charge in [-0.3, -0.25) is 4.79 Å². The maximum Gasteiger partial charge on any atom is 0.269 e. The summed E-state index contributed by atoms with van der Waals surface area (Å²) in [5.41, 5.74) is 1.46. The first-order chi connectivity index (χ1) is 9.69. The Bertz CT molecular complexity index is 585. The van der Waals surface area contributed by atoms with Crippen LogP contribution in [0.5, 0.6) is 5.75 Å². The highest BCUT2D eigenvalue weighted by molar-refractivity contribution is 6.29. The van der Waals surface area contributed by atoms with Crippen LogP contribution in [0.25, 0.3) is 0 Å². The van der Waals surface area contributed by atoms with Crippen LogP contribution >= 0.6 is 11.6 Å². The number of nitrogens with one attached hydrogen (secondary N) is 1. The van der Waals surface area contributed by atoms with E-state index in [1.807, 2.05) is 24.3 Å². The van der Waals surface area contributed by atoms with E-state index in [9.17, 15) is 4.79 Å². The van der Waals surface area contributed by atoms with Crippen LogP contribution in [0, 0.1) is 0 Å². The van der Waals surface area contributed by atoms with Crippen molar-refractivity contribution in [3.63, 3.8) is 0 Å². The van der Waals surface area contributed by atoms with Gasteiger partial charge in [-0.1, -0.05) is 29.8 Å². The van der Waals surface area contributed by atoms with E-state index in [1.54, 1.807) is 25.3 Å². The molecule has 0 aliphatic carbocycles. The van der Waals surface area contributed by atoms with Gasteiger partial charge in [-0.15, -0.1) is 0 Å². The molecule has 104 valence electrons. The summed E-state index contributed by atoms with van der Waals surface area (Å²) in [5, 5.41) is 3.12. The van der Waals surface area contributed by atoms with Crippen molar-refractivity contribution in [3.05, 3.63) is 58.9 Å². The Morgan fingerprint density at radius 3 is 2.65 bits per heavy atom. The first-order valence-corrected chi connectivity index (χ1v) is 6.60. The monoisotopic (exact) mass is 290 g/mol. The number of nitrogens with zero attached hydrogens (tertiary/aromatic N) is 1. The van der Waals surface area contributed by atoms with Crippen LogP contribution in [-0.4, -0.2) is 24.5 Å². The zero-order valence-corrected chi connectivity index (χ0v) is 11.9. The number of hydrogen-bond acceptors (Lipinski definition) is 3. The van der Waals surface area contributed by atoms with Crippen molar-refractivity contribution in [2.45, 2.75) is 6.42 Å². The molecule has 2 aromatic rings. The highest BCUT2D eigenvalue weighted by Gasteiger charge is 2.06. The Balaban J connectivity index is 1.84. The topological polar surface area (TPSA) is 51.2 Å². The summed E-state index contributed by atoms with van der Waals surface area (Å²) < 4.78 is 5.09. The molecule has 5 heteroatoms. The Morgan fingerprint density at radius 2 is 2.00 bits per heavy atom. The van der Waals surface area contributed by atoms with Crippen molar-refractivity contribution in [3.8, 4) is 5.75 Å². The van der Waals surface area contributed by atoms with E-state index in [1.165, 1.54) is 0 Å². The Morgan fingerprint density at radius 1 is 1.25 bits per heavy atom. The van der Waals surface area contributed by atoms with Gasteiger partial charge in [0.25, 0.3) is 5.91 Å². The Labute approximate surface area is 122 Å². The van der Waals surface area contributed by atoms with Crippen molar-refractivity contribution in [1.82, 2.24) is 10.3 Å². The predicted molar refractivity (Wildman–Crippen MR) is 78.3 cm³/mol. The number of hydrogen-bond donors (Lipinski definition) is 1. The van der Waals surface area contributed by atoms with Crippen LogP contribution < -0.4 is 10.1 Å². The van der Waals surface area contributed by atoms with E-state index < -0.39 is 0 Å². The number of carbonyl (C=O) groups is 1. The van der Waals surface area contributed by atoms with Crippen molar-refractivity contribution < 1.29 is 9.53 Å². The third-order valence-corrected chi connectivity index (χ3v) is 3.02. The minimum atomic E-state index is -0.221. The maximum absolute atomic E-state index is 11.8. The smallest absolute Gasteiger partial charge is 0.269 e. The molecule has 0 atom stereocenters. The van der Waals surface area contributed by atoms with Crippen molar-refractivity contribution in [2.24, 2.45) is 0 Å². The second-order valence-corrected chi connectivity index (χ2v) is 4.59. The molecule has 4 nitrogen and oxygen atoms in total. The molecule has 0 saturated heterocycles. The first-order valence-electron chi connectivity index (χ1n) is 6.23. The van der Waals surface area contributed by atoms with E-state index in [0.29, 0.717) is 17.4 Å². The number of benzene rings is 1. The van der Waals surface area contributed by atoms with Gasteiger partial charge in [0.05, 0.1) is 7.11 Å². The largest absolute Gasteiger partial charge is 0.497 e. The zero-order chi connectivity index (χ0) is 14.4. The second kappa shape index (κ2) is 6.91. The minimum absolute atomic E-state index is 0.221. The molecular weight excluding hydrogens is 276 g/mol. The fourth-order valence-electron chi connectivity index (χ4n) is 1.74. The summed E-state index contributed by atoms with van der Waals surface area (Å²) in [6, 6.07) is 12.7. The fraction of sp³-hybridized carbons (Fsp3) is 0.200. The summed E-state index contributed by atoms with van der Waals surface area (Å²) in [5.74, 6) is 0.599. The van der Waals surface area contributed by atoms with Crippen LogP contribution in [0.2, 0.25) is 5.15 Å². The molecule has 0 aliphatic heterocycles. The average molecular weight is 291 g/mol. The van der Waals surface area contributed by atoms with Gasteiger partial charge < -0.3 is 10.1 Å². The lowest BCUT2D eigenvalue weighted by molar-refractivity contribution is 0.0949. The third kappa shape index (κ3) is 3.96. The van der Waals surface area contributed by atoms with Gasteiger partial charge in [0, 0.05) is 6.54 Å². The molecule has 1 amide bonds. The minimum Gasteiger partial charge on any atom is -0.497 e. The van der Waals surface area contributed by atoms with Gasteiger partial charge in [0.2, 0.25) is 0 Å². The van der Waals surface area contributed by atoms with E-state index >= 15 is 0 Å². The lowest BCUT2D eigenvalue weighted by atomic mass is 10.1. The maximum atomic E-state index is 11.8. The lowest BCUT2D eigenvalue weighted by Gasteiger charge is -2.06. The highest BCUT2D eigenvalue weighted by Crippen LogP contribution is 2.11. The summed E-state index contributed by atoms with van der Waals surface area (Å²) in [4.78, 5) is 15.8. The van der Waals surface area contributed by atoms with E-state index in [2.05, 4.69) is 10.3 Å². The summed E-state index contributed by atoms with van der Waals surface area (Å²) in [6.07, 6.45) is 0.746. The van der Waals surface area contributed by atoms with E-state index in [-0.39, 0.29) is 5.91 Å². The van der Waals surface area contributed by atoms with Crippen LogP contribution in [0.3, 0.4) is 0 Å². The van der Waals surface area contributed by atoms with Gasteiger partial charge in [0.15, 0.2) is 0 Å². The van der Waals surface area contributed by atoms with Crippen LogP contribution in [0.1, 0.15) is 16.1 Å². The van der Waals surface area contributed by atoms with E-state index in [0.717, 1.165) is 17.7 Å². The van der Waals surface area contributed by atoms with Crippen LogP contribution in [0.15, 0.2) is 42.5 Å². The van der Waals surface area contributed by atoms with Crippen LogP contribution in [0.4, 0.5) is 0 Å². The third-order valence-electron chi connectivity index (χ3n) is 2.81. The molecule has 1 aromatic carbocycles. The number of amides is 1. The number of aromatic nitrogens is 1. The summed E-state index contributed by atoms with van der Waals surface area (Å²) in [7, 11) is 1.63. The molecule has 0 saturated carbocycles. The molecule has 20 heavy (non-hydrogen) atoms. The molecule has 1 aromatic heterocycles. The Kier molecular flexibility index (Phi) is 4.96. The van der Waals surface area contributed by atoms with Crippen molar-refractivity contribution in [1.29, 1.82) is 0 Å². The Hall–Kier alpha value is -2.07. The number of halogens is 1. The van der Waals surface area contributed by atoms with Gasteiger partial charge in [0.1, 0.15) is 16.6 Å². The number of methoxy groups -OCH3 is 1. The van der Waals surface area contributed by atoms with Gasteiger partial charge >= 0.3 is 0 Å². The number of pyridine rings is 1. The standard InChI is InChI=1S/C15H15ClN2O2/c1-20-12-7-5-11(6-8-12)9-10-17-15(19)13-3-2-4-14(16)18-13/h2-8H,9-10H2,1H3,(H,17,19). The predicted octanol–water partition coefficient (Wildman–Crippen LogP) is 2.72. The van der Waals surface area contributed by atoms with Crippen LogP contribution in [-0.2, 0) is 6.42 Å². The van der Waals surface area contributed by atoms with Gasteiger partial charge in [-0.25, -0.2) is 4.98 Å². The molecule has 0 aliphatic rings. The normalized spacial score (nSPS) is 10.1. The molecule has 1 N–H and O–H groups in total. The average Bonchev–Trinajstić information content (AvgIpc) is 2.48. The molecule has 0 radical (unpaired) electrons. The molecule has 0 spiro atoms. The number of ether oxygens (including phenoxy) is 1. The number of carbonyl (C=O) groups excluding carboxylic acids is 1. The van der Waals surface area contributed by atoms with Gasteiger partial charge in [-0.05, 0) is 36.2 Å². The van der Waals surface area contributed by atoms with Crippen molar-refractivity contribution >= 4 is 17.5 Å². The fourth-order valence-corrected chi connectivity index (χ4v) is 1.90. The quantitative estimate of drug-likeness (QED) is 0.862. The SMILES string of the molecule is COc1ccc(CCNC(=O)c2cccc(Cl)n2)cc1. The molecule has 0 fully saturated rings. The summed E-state index contributed by atoms with van der Waals surface area (Å²) in [6.45, 7) is 0.541.